The quantitative estimate of drug-likeness (QED) is 0.674. The van der Waals surface area contributed by atoms with E-state index < -0.39 is 17.6 Å². The van der Waals surface area contributed by atoms with Gasteiger partial charge in [0.05, 0.1) is 17.9 Å². The molecule has 1 heterocycles. The molecule has 3 saturated carbocycles. The molecular weight excluding hydrogens is 358 g/mol. The van der Waals surface area contributed by atoms with Crippen molar-refractivity contribution in [3.05, 3.63) is 0 Å². The van der Waals surface area contributed by atoms with Gasteiger partial charge >= 0.3 is 11.9 Å². The molecule has 0 aromatic carbocycles. The van der Waals surface area contributed by atoms with E-state index in [0.717, 1.165) is 32.1 Å². The van der Waals surface area contributed by atoms with Gasteiger partial charge < -0.3 is 14.4 Å². The average molecular weight is 392 g/mol. The third-order valence-corrected chi connectivity index (χ3v) is 7.85. The first-order valence-electron chi connectivity index (χ1n) is 10.9. The molecule has 0 N–H and O–H groups in total. The largest absolute Gasteiger partial charge is 0.460 e. The maximum Gasteiger partial charge on any atom is 0.310 e. The van der Waals surface area contributed by atoms with Gasteiger partial charge in [0.1, 0.15) is 11.7 Å². The van der Waals surface area contributed by atoms with Crippen molar-refractivity contribution >= 4 is 17.8 Å². The first-order chi connectivity index (χ1) is 13.2. The molecule has 4 fully saturated rings. The van der Waals surface area contributed by atoms with Crippen molar-refractivity contribution in [3.8, 4) is 0 Å². The molecule has 0 spiro atoms. The number of ether oxygens (including phenoxy) is 2. The van der Waals surface area contributed by atoms with Gasteiger partial charge in [0, 0.05) is 18.9 Å². The number of amides is 1. The lowest BCUT2D eigenvalue weighted by molar-refractivity contribution is -0.178. The Hall–Kier alpha value is -1.59. The highest BCUT2D eigenvalue weighted by Crippen LogP contribution is 2.60. The van der Waals surface area contributed by atoms with E-state index in [1.807, 2.05) is 18.7 Å². The summed E-state index contributed by atoms with van der Waals surface area (Å²) >= 11 is 0. The molecule has 6 atom stereocenters. The van der Waals surface area contributed by atoms with Crippen LogP contribution < -0.4 is 0 Å². The first-order valence-corrected chi connectivity index (χ1v) is 10.9. The fourth-order valence-electron chi connectivity index (χ4n) is 6.66. The molecule has 3 aliphatic carbocycles. The van der Waals surface area contributed by atoms with E-state index in [0.29, 0.717) is 0 Å². The second-order valence-corrected chi connectivity index (χ2v) is 9.87. The van der Waals surface area contributed by atoms with Crippen LogP contribution in [0.3, 0.4) is 0 Å². The zero-order valence-electron chi connectivity index (χ0n) is 17.6. The minimum atomic E-state index is -0.488. The van der Waals surface area contributed by atoms with E-state index in [1.165, 1.54) is 6.92 Å². The van der Waals surface area contributed by atoms with Gasteiger partial charge in [0.15, 0.2) is 0 Å². The Kier molecular flexibility index (Phi) is 4.74. The summed E-state index contributed by atoms with van der Waals surface area (Å²) in [5.41, 5.74) is -0.408. The Morgan fingerprint density at radius 2 is 1.75 bits per heavy atom. The second-order valence-electron chi connectivity index (χ2n) is 9.87. The summed E-state index contributed by atoms with van der Waals surface area (Å²) in [6, 6.07) is -0.0746. The zero-order valence-corrected chi connectivity index (χ0v) is 17.6. The Bertz CT molecular complexity index is 680. The van der Waals surface area contributed by atoms with Crippen molar-refractivity contribution in [2.45, 2.75) is 90.5 Å². The summed E-state index contributed by atoms with van der Waals surface area (Å²) in [6.07, 6.45) is 4.29. The number of nitrogens with zero attached hydrogens (tertiary/aromatic N) is 1. The third-order valence-electron chi connectivity index (χ3n) is 7.85. The van der Waals surface area contributed by atoms with Gasteiger partial charge in [0.25, 0.3) is 0 Å². The van der Waals surface area contributed by atoms with Gasteiger partial charge in [-0.2, -0.15) is 0 Å². The second kappa shape index (κ2) is 6.74. The van der Waals surface area contributed by atoms with Crippen molar-refractivity contribution in [1.29, 1.82) is 0 Å². The van der Waals surface area contributed by atoms with E-state index >= 15 is 0 Å². The Labute approximate surface area is 167 Å². The van der Waals surface area contributed by atoms with Gasteiger partial charge in [-0.05, 0) is 57.8 Å². The van der Waals surface area contributed by atoms with Crippen LogP contribution >= 0.6 is 0 Å². The average Bonchev–Trinajstić information content (AvgIpc) is 3.31. The molecule has 0 radical (unpaired) electrons. The van der Waals surface area contributed by atoms with Crippen LogP contribution in [0.1, 0.15) is 66.7 Å². The Balaban J connectivity index is 1.64. The molecule has 6 unspecified atom stereocenters. The van der Waals surface area contributed by atoms with E-state index in [9.17, 15) is 14.4 Å². The summed E-state index contributed by atoms with van der Waals surface area (Å²) < 4.78 is 11.9. The molecule has 4 aliphatic rings. The van der Waals surface area contributed by atoms with Gasteiger partial charge in [-0.25, -0.2) is 0 Å². The van der Waals surface area contributed by atoms with Crippen LogP contribution in [0, 0.1) is 29.6 Å². The fraction of sp³-hybridized carbons (Fsp3) is 0.864. The summed E-state index contributed by atoms with van der Waals surface area (Å²) in [5.74, 6) is -1.15. The molecule has 0 aromatic rings. The predicted octanol–water partition coefficient (Wildman–Crippen LogP) is 2.93. The maximum absolute atomic E-state index is 13.4. The molecule has 1 aliphatic heterocycles. The summed E-state index contributed by atoms with van der Waals surface area (Å²) in [5, 5.41) is 0. The number of carbonyl (C=O) groups is 3. The van der Waals surface area contributed by atoms with Crippen LogP contribution in [-0.4, -0.2) is 46.5 Å². The zero-order chi connectivity index (χ0) is 20.4. The molecule has 1 amide bonds. The number of rotatable bonds is 5. The molecule has 156 valence electrons. The SMILES string of the molecule is CC(=O)OC1C2CC3C(C(=O)N(C(C)C)C31)C2C(=O)OC1(C(C)C)CCCC1. The van der Waals surface area contributed by atoms with Crippen molar-refractivity contribution in [2.24, 2.45) is 29.6 Å². The van der Waals surface area contributed by atoms with Crippen LogP contribution in [0.4, 0.5) is 0 Å². The van der Waals surface area contributed by atoms with Gasteiger partial charge in [0.2, 0.25) is 5.91 Å². The molecule has 2 bridgehead atoms. The third kappa shape index (κ3) is 2.70. The molecule has 4 rings (SSSR count). The van der Waals surface area contributed by atoms with Crippen molar-refractivity contribution < 1.29 is 23.9 Å². The number of hydrogen-bond acceptors (Lipinski definition) is 5. The van der Waals surface area contributed by atoms with Crippen LogP contribution in [0.25, 0.3) is 0 Å². The highest BCUT2D eigenvalue weighted by Gasteiger charge is 2.71. The smallest absolute Gasteiger partial charge is 0.310 e. The fourth-order valence-corrected chi connectivity index (χ4v) is 6.66. The van der Waals surface area contributed by atoms with E-state index in [-0.39, 0.29) is 53.6 Å². The highest BCUT2D eigenvalue weighted by molar-refractivity contribution is 5.90. The molecular formula is C22H33NO5. The lowest BCUT2D eigenvalue weighted by Gasteiger charge is -2.38. The minimum absolute atomic E-state index is 0.0217. The predicted molar refractivity (Wildman–Crippen MR) is 102 cm³/mol. The van der Waals surface area contributed by atoms with Gasteiger partial charge in [-0.3, -0.25) is 14.4 Å². The monoisotopic (exact) mass is 391 g/mol. The van der Waals surface area contributed by atoms with Gasteiger partial charge in [-0.15, -0.1) is 0 Å². The molecule has 28 heavy (non-hydrogen) atoms. The van der Waals surface area contributed by atoms with Crippen LogP contribution in [0.5, 0.6) is 0 Å². The van der Waals surface area contributed by atoms with Crippen molar-refractivity contribution in [2.75, 3.05) is 0 Å². The summed E-state index contributed by atoms with van der Waals surface area (Å²) in [7, 11) is 0. The first kappa shape index (κ1) is 19.7. The minimum Gasteiger partial charge on any atom is -0.460 e. The topological polar surface area (TPSA) is 72.9 Å². The molecule has 6 nitrogen and oxygen atoms in total. The Morgan fingerprint density at radius 3 is 2.29 bits per heavy atom. The number of likely N-dealkylation sites (tertiary alicyclic amines) is 1. The molecule has 6 heteroatoms. The van der Waals surface area contributed by atoms with E-state index in [2.05, 4.69) is 13.8 Å². The van der Waals surface area contributed by atoms with Crippen LogP contribution in [0.15, 0.2) is 0 Å². The summed E-state index contributed by atoms with van der Waals surface area (Å²) in [6.45, 7) is 9.59. The Morgan fingerprint density at radius 1 is 1.11 bits per heavy atom. The van der Waals surface area contributed by atoms with Crippen LogP contribution in [-0.2, 0) is 23.9 Å². The van der Waals surface area contributed by atoms with E-state index in [1.54, 1.807) is 0 Å². The normalized spacial score (nSPS) is 38.0. The standard InChI is InChI=1S/C22H33NO5/c1-11(2)22(8-6-7-9-22)28-21(26)17-15-10-14-16(17)20(25)23(12(3)4)18(14)19(15)27-13(5)24/h11-12,14-19H,6-10H2,1-5H3. The number of esters is 2. The number of carbonyl (C=O) groups excluding carboxylic acids is 3. The lowest BCUT2D eigenvalue weighted by atomic mass is 9.78. The number of fused-ring (bicyclic) bond motifs is 1. The van der Waals surface area contributed by atoms with Gasteiger partial charge in [-0.1, -0.05) is 13.8 Å². The summed E-state index contributed by atoms with van der Waals surface area (Å²) in [4.78, 5) is 40.3. The molecule has 0 aromatic heterocycles. The highest BCUT2D eigenvalue weighted by atomic mass is 16.6. The maximum atomic E-state index is 13.4. The molecule has 1 saturated heterocycles. The lowest BCUT2D eigenvalue weighted by Crippen LogP contribution is -2.49. The van der Waals surface area contributed by atoms with Crippen molar-refractivity contribution in [3.63, 3.8) is 0 Å². The number of hydrogen-bond donors (Lipinski definition) is 0. The van der Waals surface area contributed by atoms with Crippen molar-refractivity contribution in [1.82, 2.24) is 4.90 Å². The van der Waals surface area contributed by atoms with E-state index in [4.69, 9.17) is 9.47 Å². The van der Waals surface area contributed by atoms with Crippen LogP contribution in [0.2, 0.25) is 0 Å².